The van der Waals surface area contributed by atoms with Crippen molar-refractivity contribution in [2.24, 2.45) is 0 Å². The predicted octanol–water partition coefficient (Wildman–Crippen LogP) is 6.37. The summed E-state index contributed by atoms with van der Waals surface area (Å²) in [6.45, 7) is 5.08. The van der Waals surface area contributed by atoms with Gasteiger partial charge in [0.05, 0.1) is 18.8 Å². The molecule has 0 aromatic heterocycles. The van der Waals surface area contributed by atoms with E-state index in [1.54, 1.807) is 13.0 Å². The van der Waals surface area contributed by atoms with Crippen LogP contribution in [0.1, 0.15) is 56.8 Å². The zero-order chi connectivity index (χ0) is 20.1. The summed E-state index contributed by atoms with van der Waals surface area (Å²) in [4.78, 5) is 0. The molecule has 1 heterocycles. The van der Waals surface area contributed by atoms with E-state index in [1.807, 2.05) is 0 Å². The van der Waals surface area contributed by atoms with Gasteiger partial charge in [-0.3, -0.25) is 0 Å². The quantitative estimate of drug-likeness (QED) is 0.510. The monoisotopic (exact) mass is 392 g/mol. The zero-order valence-corrected chi connectivity index (χ0v) is 16.4. The average Bonchev–Trinajstić information content (AvgIpc) is 2.71. The van der Waals surface area contributed by atoms with Gasteiger partial charge in [0.15, 0.2) is 11.6 Å². The zero-order valence-electron chi connectivity index (χ0n) is 16.4. The van der Waals surface area contributed by atoms with Crippen LogP contribution < -0.4 is 0 Å². The van der Waals surface area contributed by atoms with E-state index in [-0.39, 0.29) is 28.9 Å². The highest BCUT2D eigenvalue weighted by Gasteiger charge is 2.25. The van der Waals surface area contributed by atoms with Gasteiger partial charge >= 0.3 is 0 Å². The molecule has 0 aliphatic carbocycles. The molecule has 3 rings (SSSR count). The van der Waals surface area contributed by atoms with E-state index in [1.165, 1.54) is 24.3 Å². The normalized spacial score (nSPS) is 19.8. The standard InChI is InChI=1S/C23H27F3O2/c1-3-5-12-27-17-8-11-21(28-14-17)16-7-9-18(20(24)13-16)19-10-6-15(4-2)22(25)23(19)26/h6-7,9-10,13,17,21H,3-5,8,11-12,14H2,1-2H3. The van der Waals surface area contributed by atoms with Crippen molar-refractivity contribution >= 4 is 0 Å². The molecule has 0 bridgehead atoms. The van der Waals surface area contributed by atoms with Crippen LogP contribution in [0.4, 0.5) is 13.2 Å². The molecule has 152 valence electrons. The van der Waals surface area contributed by atoms with E-state index in [0.717, 1.165) is 32.3 Å². The van der Waals surface area contributed by atoms with Crippen molar-refractivity contribution in [1.82, 2.24) is 0 Å². The van der Waals surface area contributed by atoms with Gasteiger partial charge in [0.1, 0.15) is 5.82 Å². The van der Waals surface area contributed by atoms with Gasteiger partial charge in [-0.25, -0.2) is 13.2 Å². The lowest BCUT2D eigenvalue weighted by Crippen LogP contribution is -2.28. The summed E-state index contributed by atoms with van der Waals surface area (Å²) < 4.78 is 54.8. The first-order chi connectivity index (χ1) is 13.5. The second kappa shape index (κ2) is 9.57. The Morgan fingerprint density at radius 3 is 2.43 bits per heavy atom. The van der Waals surface area contributed by atoms with Gasteiger partial charge in [-0.05, 0) is 42.9 Å². The van der Waals surface area contributed by atoms with Crippen molar-refractivity contribution in [2.75, 3.05) is 13.2 Å². The van der Waals surface area contributed by atoms with Gasteiger partial charge in [-0.15, -0.1) is 0 Å². The molecule has 0 spiro atoms. The number of hydrogen-bond acceptors (Lipinski definition) is 2. The van der Waals surface area contributed by atoms with Crippen LogP contribution in [0, 0.1) is 17.5 Å². The molecule has 2 aromatic carbocycles. The molecule has 2 aromatic rings. The first-order valence-electron chi connectivity index (χ1n) is 10.0. The van der Waals surface area contributed by atoms with Gasteiger partial charge in [-0.2, -0.15) is 0 Å². The molecule has 0 amide bonds. The van der Waals surface area contributed by atoms with E-state index in [0.29, 0.717) is 18.6 Å². The Labute approximate surface area is 164 Å². The first kappa shape index (κ1) is 20.9. The number of aryl methyl sites for hydroxylation is 1. The number of hydrogen-bond donors (Lipinski definition) is 0. The smallest absolute Gasteiger partial charge is 0.167 e. The molecule has 2 atom stereocenters. The van der Waals surface area contributed by atoms with Crippen molar-refractivity contribution in [2.45, 2.75) is 58.2 Å². The fourth-order valence-corrected chi connectivity index (χ4v) is 3.54. The molecule has 1 aliphatic heterocycles. The average molecular weight is 392 g/mol. The molecule has 1 saturated heterocycles. The third kappa shape index (κ3) is 4.58. The third-order valence-electron chi connectivity index (χ3n) is 5.28. The Balaban J connectivity index is 1.71. The molecule has 0 radical (unpaired) electrons. The van der Waals surface area contributed by atoms with Crippen molar-refractivity contribution < 1.29 is 22.6 Å². The molecule has 0 saturated carbocycles. The van der Waals surface area contributed by atoms with Crippen molar-refractivity contribution in [3.63, 3.8) is 0 Å². The first-order valence-corrected chi connectivity index (χ1v) is 10.0. The minimum atomic E-state index is -1.01. The minimum absolute atomic E-state index is 0.0550. The molecule has 0 N–H and O–H groups in total. The Hall–Kier alpha value is -1.85. The Morgan fingerprint density at radius 2 is 1.79 bits per heavy atom. The second-order valence-corrected chi connectivity index (χ2v) is 7.24. The molecule has 1 fully saturated rings. The second-order valence-electron chi connectivity index (χ2n) is 7.24. The van der Waals surface area contributed by atoms with Crippen LogP contribution in [0.15, 0.2) is 30.3 Å². The molecular formula is C23H27F3O2. The van der Waals surface area contributed by atoms with Gasteiger partial charge in [0.25, 0.3) is 0 Å². The lowest BCUT2D eigenvalue weighted by atomic mass is 9.96. The molecule has 2 nitrogen and oxygen atoms in total. The summed E-state index contributed by atoms with van der Waals surface area (Å²) in [6.07, 6.45) is 3.97. The maximum Gasteiger partial charge on any atom is 0.167 e. The Bertz CT molecular complexity index is 799. The number of benzene rings is 2. The van der Waals surface area contributed by atoms with Gasteiger partial charge < -0.3 is 9.47 Å². The van der Waals surface area contributed by atoms with Crippen LogP contribution in [0.3, 0.4) is 0 Å². The van der Waals surface area contributed by atoms with Gasteiger partial charge in [0.2, 0.25) is 0 Å². The third-order valence-corrected chi connectivity index (χ3v) is 5.28. The maximum atomic E-state index is 14.7. The fourth-order valence-electron chi connectivity index (χ4n) is 3.54. The maximum absolute atomic E-state index is 14.7. The van der Waals surface area contributed by atoms with E-state index >= 15 is 0 Å². The lowest BCUT2D eigenvalue weighted by molar-refractivity contribution is -0.0872. The number of rotatable bonds is 7. The van der Waals surface area contributed by atoms with E-state index in [2.05, 4.69) is 6.92 Å². The number of ether oxygens (including phenoxy) is 2. The van der Waals surface area contributed by atoms with E-state index < -0.39 is 17.5 Å². The molecular weight excluding hydrogens is 365 g/mol. The number of unbranched alkanes of at least 4 members (excludes halogenated alkanes) is 1. The highest BCUT2D eigenvalue weighted by Crippen LogP contribution is 2.34. The minimum Gasteiger partial charge on any atom is -0.376 e. The van der Waals surface area contributed by atoms with Crippen LogP contribution in [0.2, 0.25) is 0 Å². The summed E-state index contributed by atoms with van der Waals surface area (Å²) >= 11 is 0. The Kier molecular flexibility index (Phi) is 7.13. The highest BCUT2D eigenvalue weighted by atomic mass is 19.2. The van der Waals surface area contributed by atoms with Crippen LogP contribution in [-0.2, 0) is 15.9 Å². The lowest BCUT2D eigenvalue weighted by Gasteiger charge is -2.29. The van der Waals surface area contributed by atoms with Crippen molar-refractivity contribution in [1.29, 1.82) is 0 Å². The molecule has 28 heavy (non-hydrogen) atoms. The van der Waals surface area contributed by atoms with E-state index in [4.69, 9.17) is 9.47 Å². The largest absolute Gasteiger partial charge is 0.376 e. The van der Waals surface area contributed by atoms with Gasteiger partial charge in [0, 0.05) is 17.7 Å². The van der Waals surface area contributed by atoms with Gasteiger partial charge in [-0.1, -0.05) is 44.5 Å². The Morgan fingerprint density at radius 1 is 1.00 bits per heavy atom. The van der Waals surface area contributed by atoms with Crippen molar-refractivity contribution in [3.8, 4) is 11.1 Å². The van der Waals surface area contributed by atoms with Crippen LogP contribution >= 0.6 is 0 Å². The van der Waals surface area contributed by atoms with Crippen LogP contribution in [-0.4, -0.2) is 19.3 Å². The van der Waals surface area contributed by atoms with Crippen LogP contribution in [0.25, 0.3) is 11.1 Å². The summed E-state index contributed by atoms with van der Waals surface area (Å²) in [5.74, 6) is -2.50. The summed E-state index contributed by atoms with van der Waals surface area (Å²) in [6, 6.07) is 7.53. The molecule has 5 heteroatoms. The van der Waals surface area contributed by atoms with Crippen molar-refractivity contribution in [3.05, 3.63) is 58.9 Å². The topological polar surface area (TPSA) is 18.5 Å². The fraction of sp³-hybridized carbons (Fsp3) is 0.478. The molecule has 1 aliphatic rings. The summed E-state index contributed by atoms with van der Waals surface area (Å²) in [5, 5.41) is 0. The van der Waals surface area contributed by atoms with E-state index in [9.17, 15) is 13.2 Å². The highest BCUT2D eigenvalue weighted by molar-refractivity contribution is 5.66. The molecule has 2 unspecified atom stereocenters. The SMILES string of the molecule is CCCCOC1CCC(c2ccc(-c3ccc(CC)c(F)c3F)c(F)c2)OC1. The predicted molar refractivity (Wildman–Crippen MR) is 104 cm³/mol. The van der Waals surface area contributed by atoms with Crippen LogP contribution in [0.5, 0.6) is 0 Å². The summed E-state index contributed by atoms with van der Waals surface area (Å²) in [7, 11) is 0. The summed E-state index contributed by atoms with van der Waals surface area (Å²) in [5.41, 5.74) is 0.982. The number of halogens is 3.